The maximum Gasteiger partial charge on any atom is 0.457 e. The lowest BCUT2D eigenvalue weighted by Gasteiger charge is -2.05. The molecular weight excluding hydrogens is 171 g/mol. The van der Waals surface area contributed by atoms with Gasteiger partial charge in [-0.3, -0.25) is 0 Å². The van der Waals surface area contributed by atoms with E-state index in [1.165, 1.54) is 19.1 Å². The normalized spacial score (nSPS) is 9.00. The SMILES string of the molecule is [C-]#[N+]c1ccn(NB(C)O)c(=O)n1. The van der Waals surface area contributed by atoms with Crippen LogP contribution in [0.1, 0.15) is 0 Å². The third-order valence-corrected chi connectivity index (χ3v) is 1.23. The molecule has 0 spiro atoms. The third-order valence-electron chi connectivity index (χ3n) is 1.23. The number of rotatable bonds is 2. The lowest BCUT2D eigenvalue weighted by atomic mass is 9.91. The second-order valence-electron chi connectivity index (χ2n) is 2.36. The van der Waals surface area contributed by atoms with Crippen LogP contribution < -0.4 is 11.0 Å². The molecule has 0 radical (unpaired) electrons. The molecule has 1 heterocycles. The van der Waals surface area contributed by atoms with Gasteiger partial charge in [-0.15, -0.1) is 0 Å². The van der Waals surface area contributed by atoms with Gasteiger partial charge in [0.2, 0.25) is 0 Å². The first-order valence-electron chi connectivity index (χ1n) is 3.55. The van der Waals surface area contributed by atoms with Gasteiger partial charge >= 0.3 is 12.7 Å². The molecule has 0 atom stereocenters. The molecule has 1 aromatic rings. The number of hydrogen-bond acceptors (Lipinski definition) is 4. The fraction of sp³-hybridized carbons (Fsp3) is 0.167. The molecule has 0 unspecified atom stereocenters. The van der Waals surface area contributed by atoms with Crippen molar-refractivity contribution < 1.29 is 5.02 Å². The van der Waals surface area contributed by atoms with Gasteiger partial charge in [0.25, 0.3) is 5.82 Å². The smallest absolute Gasteiger partial charge is 0.432 e. The maximum absolute atomic E-state index is 11.1. The zero-order chi connectivity index (χ0) is 9.84. The minimum Gasteiger partial charge on any atom is -0.432 e. The Kier molecular flexibility index (Phi) is 2.67. The van der Waals surface area contributed by atoms with E-state index in [-0.39, 0.29) is 5.82 Å². The fourth-order valence-corrected chi connectivity index (χ4v) is 0.756. The molecule has 2 N–H and O–H groups in total. The molecule has 6 nitrogen and oxygen atoms in total. The second-order valence-corrected chi connectivity index (χ2v) is 2.36. The van der Waals surface area contributed by atoms with Crippen molar-refractivity contribution in [1.29, 1.82) is 0 Å². The van der Waals surface area contributed by atoms with E-state index in [2.05, 4.69) is 15.2 Å². The van der Waals surface area contributed by atoms with Crippen molar-refractivity contribution >= 4 is 12.9 Å². The molecule has 13 heavy (non-hydrogen) atoms. The highest BCUT2D eigenvalue weighted by Crippen LogP contribution is 2.00. The highest BCUT2D eigenvalue weighted by Gasteiger charge is 2.06. The van der Waals surface area contributed by atoms with Crippen molar-refractivity contribution in [2.75, 3.05) is 5.34 Å². The topological polar surface area (TPSA) is 71.5 Å². The summed E-state index contributed by atoms with van der Waals surface area (Å²) in [6.07, 6.45) is 1.34. The molecule has 0 aliphatic carbocycles. The lowest BCUT2D eigenvalue weighted by Crippen LogP contribution is -2.37. The summed E-state index contributed by atoms with van der Waals surface area (Å²) in [4.78, 5) is 17.5. The van der Waals surface area contributed by atoms with Gasteiger partial charge in [0.15, 0.2) is 0 Å². The summed E-state index contributed by atoms with van der Waals surface area (Å²) in [5.41, 5.74) is -0.616. The summed E-state index contributed by atoms with van der Waals surface area (Å²) in [6, 6.07) is 1.38. The zero-order valence-corrected chi connectivity index (χ0v) is 6.93. The van der Waals surface area contributed by atoms with Crippen LogP contribution in [0.4, 0.5) is 5.82 Å². The molecule has 7 heteroatoms. The Morgan fingerprint density at radius 3 is 3.00 bits per heavy atom. The van der Waals surface area contributed by atoms with E-state index in [0.717, 1.165) is 4.68 Å². The average Bonchev–Trinajstić information content (AvgIpc) is 2.08. The van der Waals surface area contributed by atoms with Crippen LogP contribution in [-0.4, -0.2) is 21.7 Å². The van der Waals surface area contributed by atoms with Crippen LogP contribution in [0.3, 0.4) is 0 Å². The Hall–Kier alpha value is -1.81. The molecule has 1 rings (SSSR count). The van der Waals surface area contributed by atoms with Crippen LogP contribution in [0.15, 0.2) is 17.1 Å². The summed E-state index contributed by atoms with van der Waals surface area (Å²) in [7, 11) is -0.849. The Morgan fingerprint density at radius 2 is 2.54 bits per heavy atom. The van der Waals surface area contributed by atoms with Crippen LogP contribution in [0.2, 0.25) is 6.82 Å². The van der Waals surface area contributed by atoms with E-state index in [1.807, 2.05) is 0 Å². The van der Waals surface area contributed by atoms with E-state index >= 15 is 0 Å². The van der Waals surface area contributed by atoms with E-state index in [4.69, 9.17) is 11.6 Å². The van der Waals surface area contributed by atoms with Crippen LogP contribution in [-0.2, 0) is 0 Å². The molecule has 0 aliphatic rings. The highest BCUT2D eigenvalue weighted by molar-refractivity contribution is 6.50. The molecule has 0 saturated heterocycles. The second kappa shape index (κ2) is 3.73. The van der Waals surface area contributed by atoms with Gasteiger partial charge in [0, 0.05) is 6.20 Å². The van der Waals surface area contributed by atoms with Crippen LogP contribution >= 0.6 is 0 Å². The summed E-state index contributed by atoms with van der Waals surface area (Å²) in [5, 5.41) is 11.3. The van der Waals surface area contributed by atoms with E-state index in [9.17, 15) is 4.79 Å². The van der Waals surface area contributed by atoms with Gasteiger partial charge in [-0.1, -0.05) is 11.6 Å². The van der Waals surface area contributed by atoms with Crippen molar-refractivity contribution in [1.82, 2.24) is 9.66 Å². The number of hydrogen-bond donors (Lipinski definition) is 2. The molecule has 0 fully saturated rings. The quantitative estimate of drug-likeness (QED) is 0.470. The standard InChI is InChI=1S/C6H7BN4O2/c1-7(13)10-11-4-3-5(8-2)9-6(11)12/h3-4,10,13H,1H3. The van der Waals surface area contributed by atoms with Crippen LogP contribution in [0.25, 0.3) is 4.85 Å². The van der Waals surface area contributed by atoms with Gasteiger partial charge in [-0.25, -0.2) is 9.47 Å². The Bertz CT molecular complexity index is 394. The predicted molar refractivity (Wildman–Crippen MR) is 48.0 cm³/mol. The first-order valence-corrected chi connectivity index (χ1v) is 3.55. The van der Waals surface area contributed by atoms with Gasteiger partial charge in [-0.05, 0) is 12.9 Å². The van der Waals surface area contributed by atoms with E-state index in [1.54, 1.807) is 0 Å². The molecule has 66 valence electrons. The van der Waals surface area contributed by atoms with Gasteiger partial charge in [0.05, 0.1) is 0 Å². The minimum atomic E-state index is -0.849. The van der Waals surface area contributed by atoms with E-state index in [0.29, 0.717) is 0 Å². The third kappa shape index (κ3) is 2.32. The molecule has 1 aromatic heterocycles. The monoisotopic (exact) mass is 178 g/mol. The summed E-state index contributed by atoms with van der Waals surface area (Å²) in [5.74, 6) is 0.0358. The molecule has 0 aromatic carbocycles. The largest absolute Gasteiger partial charge is 0.457 e. The Labute approximate surface area is 74.8 Å². The Balaban J connectivity index is 3.01. The lowest BCUT2D eigenvalue weighted by molar-refractivity contribution is 0.575. The first-order chi connectivity index (χ1) is 6.13. The minimum absolute atomic E-state index is 0.0358. The number of nitrogens with one attached hydrogen (secondary N) is 1. The van der Waals surface area contributed by atoms with Crippen molar-refractivity contribution in [3.8, 4) is 0 Å². The first kappa shape index (κ1) is 9.28. The average molecular weight is 178 g/mol. The molecule has 0 aliphatic heterocycles. The summed E-state index contributed by atoms with van der Waals surface area (Å²) in [6.45, 7) is 8.06. The molecule has 0 amide bonds. The molecule has 0 saturated carbocycles. The van der Waals surface area contributed by atoms with Crippen LogP contribution in [0.5, 0.6) is 0 Å². The highest BCUT2D eigenvalue weighted by atomic mass is 16.2. The van der Waals surface area contributed by atoms with Crippen molar-refractivity contribution in [3.63, 3.8) is 0 Å². The number of aromatic nitrogens is 2. The summed E-state index contributed by atoms with van der Waals surface area (Å²) >= 11 is 0. The number of nitrogens with zero attached hydrogens (tertiary/aromatic N) is 3. The maximum atomic E-state index is 11.1. The van der Waals surface area contributed by atoms with E-state index < -0.39 is 12.7 Å². The van der Waals surface area contributed by atoms with Gasteiger partial charge in [0.1, 0.15) is 0 Å². The summed E-state index contributed by atoms with van der Waals surface area (Å²) < 4.78 is 1.01. The molecular formula is C6H7BN4O2. The Morgan fingerprint density at radius 1 is 1.85 bits per heavy atom. The zero-order valence-electron chi connectivity index (χ0n) is 6.93. The molecule has 0 bridgehead atoms. The van der Waals surface area contributed by atoms with Gasteiger partial charge < -0.3 is 15.2 Å². The fourth-order valence-electron chi connectivity index (χ4n) is 0.756. The van der Waals surface area contributed by atoms with Crippen molar-refractivity contribution in [2.45, 2.75) is 6.82 Å². The van der Waals surface area contributed by atoms with Crippen molar-refractivity contribution in [2.24, 2.45) is 0 Å². The van der Waals surface area contributed by atoms with Gasteiger partial charge in [-0.2, -0.15) is 0 Å². The van der Waals surface area contributed by atoms with Crippen molar-refractivity contribution in [3.05, 3.63) is 34.2 Å². The predicted octanol–water partition coefficient (Wildman–Crippen LogP) is -0.552. The van der Waals surface area contributed by atoms with Crippen LogP contribution in [0, 0.1) is 6.57 Å².